The molecule has 0 saturated heterocycles. The van der Waals surface area contributed by atoms with E-state index in [1.54, 1.807) is 27.9 Å². The molecule has 0 amide bonds. The van der Waals surface area contributed by atoms with E-state index in [4.69, 9.17) is 0 Å². The molecule has 0 aromatic rings. The molecule has 0 radical (unpaired) electrons. The van der Waals surface area contributed by atoms with Gasteiger partial charge in [-0.15, -0.1) is 0 Å². The van der Waals surface area contributed by atoms with Crippen molar-refractivity contribution in [1.29, 1.82) is 0 Å². The number of guanidine groups is 1. The zero-order valence-corrected chi connectivity index (χ0v) is 10.2. The molecule has 0 rings (SSSR count). The molecule has 0 saturated carbocycles. The zero-order valence-electron chi connectivity index (χ0n) is 9.38. The Labute approximate surface area is 85.9 Å². The van der Waals surface area contributed by atoms with Crippen molar-refractivity contribution in [2.24, 2.45) is 4.99 Å². The fraction of sp³-hybridized carbons (Fsp3) is 0.875. The number of hydrogen-bond acceptors (Lipinski definition) is 3. The number of sulfone groups is 1. The van der Waals surface area contributed by atoms with Crippen LogP contribution in [0, 0.1) is 0 Å². The second-order valence-electron chi connectivity index (χ2n) is 3.71. The van der Waals surface area contributed by atoms with Crippen LogP contribution in [0.25, 0.3) is 0 Å². The summed E-state index contributed by atoms with van der Waals surface area (Å²) >= 11 is 0. The Morgan fingerprint density at radius 2 is 1.93 bits per heavy atom. The Morgan fingerprint density at radius 3 is 2.21 bits per heavy atom. The van der Waals surface area contributed by atoms with E-state index in [-0.39, 0.29) is 0 Å². The van der Waals surface area contributed by atoms with E-state index in [1.807, 2.05) is 0 Å². The maximum atomic E-state index is 11.3. The molecule has 0 aromatic heterocycles. The number of nitrogens with one attached hydrogen (secondary N) is 2. The van der Waals surface area contributed by atoms with Gasteiger partial charge < -0.3 is 10.6 Å². The molecular formula is C8H19N3O2S. The maximum absolute atomic E-state index is 11.3. The van der Waals surface area contributed by atoms with Crippen LogP contribution < -0.4 is 10.6 Å². The van der Waals surface area contributed by atoms with Crippen molar-refractivity contribution < 1.29 is 8.42 Å². The van der Waals surface area contributed by atoms with Gasteiger partial charge in [0.2, 0.25) is 0 Å². The van der Waals surface area contributed by atoms with Crippen LogP contribution in [0.5, 0.6) is 0 Å². The summed E-state index contributed by atoms with van der Waals surface area (Å²) < 4.78 is 21.9. The average Bonchev–Trinajstić information content (AvgIpc) is 2.04. The largest absolute Gasteiger partial charge is 0.359 e. The minimum absolute atomic E-state index is 0.333. The third-order valence-electron chi connectivity index (χ3n) is 2.15. The Kier molecular flexibility index (Phi) is 4.38. The molecule has 5 nitrogen and oxygen atoms in total. The fourth-order valence-electron chi connectivity index (χ4n) is 0.707. The molecule has 2 N–H and O–H groups in total. The second-order valence-corrected chi connectivity index (χ2v) is 6.36. The Bertz CT molecular complexity index is 307. The monoisotopic (exact) mass is 221 g/mol. The van der Waals surface area contributed by atoms with Gasteiger partial charge in [0.1, 0.15) is 0 Å². The molecule has 0 aliphatic heterocycles. The zero-order chi connectivity index (χ0) is 11.4. The van der Waals surface area contributed by atoms with E-state index in [0.29, 0.717) is 12.5 Å². The third kappa shape index (κ3) is 3.53. The first-order chi connectivity index (χ1) is 6.24. The lowest BCUT2D eigenvalue weighted by Crippen LogP contribution is -2.46. The summed E-state index contributed by atoms with van der Waals surface area (Å²) in [4.78, 5) is 3.89. The Balaban J connectivity index is 4.41. The molecule has 0 atom stereocenters. The van der Waals surface area contributed by atoms with Crippen LogP contribution in [0.2, 0.25) is 0 Å². The van der Waals surface area contributed by atoms with E-state index in [2.05, 4.69) is 15.6 Å². The predicted molar refractivity (Wildman–Crippen MR) is 59.3 cm³/mol. The summed E-state index contributed by atoms with van der Waals surface area (Å²) in [5.74, 6) is 0.585. The second kappa shape index (κ2) is 4.63. The first-order valence-corrected chi connectivity index (χ1v) is 6.22. The molecule has 0 unspecified atom stereocenters. The van der Waals surface area contributed by atoms with Gasteiger partial charge in [0.15, 0.2) is 15.8 Å². The van der Waals surface area contributed by atoms with Crippen molar-refractivity contribution in [1.82, 2.24) is 10.6 Å². The molecule has 0 fully saturated rings. The van der Waals surface area contributed by atoms with Gasteiger partial charge in [-0.3, -0.25) is 4.99 Å². The van der Waals surface area contributed by atoms with Crippen molar-refractivity contribution >= 4 is 15.8 Å². The first kappa shape index (κ1) is 13.2. The average molecular weight is 221 g/mol. The molecular weight excluding hydrogens is 202 g/mol. The topological polar surface area (TPSA) is 70.6 Å². The Hall–Kier alpha value is -0.780. The molecule has 14 heavy (non-hydrogen) atoms. The summed E-state index contributed by atoms with van der Waals surface area (Å²) in [6, 6.07) is 0. The van der Waals surface area contributed by atoms with E-state index in [9.17, 15) is 8.42 Å². The highest BCUT2D eigenvalue weighted by molar-refractivity contribution is 7.92. The molecule has 0 aliphatic rings. The van der Waals surface area contributed by atoms with Gasteiger partial charge in [0.25, 0.3) is 0 Å². The standard InChI is InChI=1S/C8H19N3O2S/c1-8(2,14(5,12)13)6-11-7(9-3)10-4/h6H2,1-5H3,(H2,9,10,11). The summed E-state index contributed by atoms with van der Waals surface area (Å²) in [7, 11) is 0.296. The van der Waals surface area contributed by atoms with E-state index in [0.717, 1.165) is 0 Å². The lowest BCUT2D eigenvalue weighted by atomic mass is 10.2. The SMILES string of the molecule is CN=C(NC)NCC(C)(C)S(C)(=O)=O. The van der Waals surface area contributed by atoms with Gasteiger partial charge in [-0.1, -0.05) is 0 Å². The maximum Gasteiger partial charge on any atom is 0.190 e. The van der Waals surface area contributed by atoms with Crippen molar-refractivity contribution in [2.75, 3.05) is 26.9 Å². The minimum atomic E-state index is -3.06. The van der Waals surface area contributed by atoms with Crippen molar-refractivity contribution in [3.05, 3.63) is 0 Å². The smallest absolute Gasteiger partial charge is 0.190 e. The van der Waals surface area contributed by atoms with E-state index < -0.39 is 14.6 Å². The highest BCUT2D eigenvalue weighted by atomic mass is 32.2. The molecule has 0 aromatic carbocycles. The van der Waals surface area contributed by atoms with Crippen LogP contribution in [0.4, 0.5) is 0 Å². The summed E-state index contributed by atoms with van der Waals surface area (Å²) in [6.07, 6.45) is 1.23. The van der Waals surface area contributed by atoms with Crippen molar-refractivity contribution in [3.8, 4) is 0 Å². The summed E-state index contributed by atoms with van der Waals surface area (Å²) in [5, 5.41) is 5.75. The van der Waals surface area contributed by atoms with Gasteiger partial charge in [0.05, 0.1) is 4.75 Å². The van der Waals surface area contributed by atoms with Crippen LogP contribution in [0.15, 0.2) is 4.99 Å². The van der Waals surface area contributed by atoms with Gasteiger partial charge in [-0.05, 0) is 13.8 Å². The van der Waals surface area contributed by atoms with E-state index in [1.165, 1.54) is 6.26 Å². The first-order valence-electron chi connectivity index (χ1n) is 4.32. The van der Waals surface area contributed by atoms with Crippen molar-refractivity contribution in [3.63, 3.8) is 0 Å². The number of nitrogens with zero attached hydrogens (tertiary/aromatic N) is 1. The van der Waals surface area contributed by atoms with Crippen LogP contribution in [-0.2, 0) is 9.84 Å². The van der Waals surface area contributed by atoms with Crippen LogP contribution in [0.3, 0.4) is 0 Å². The van der Waals surface area contributed by atoms with Crippen molar-refractivity contribution in [2.45, 2.75) is 18.6 Å². The van der Waals surface area contributed by atoms with Gasteiger partial charge >= 0.3 is 0 Å². The quantitative estimate of drug-likeness (QED) is 0.503. The van der Waals surface area contributed by atoms with Crippen LogP contribution in [-0.4, -0.2) is 46.0 Å². The molecule has 0 bridgehead atoms. The molecule has 0 aliphatic carbocycles. The Morgan fingerprint density at radius 1 is 1.43 bits per heavy atom. The fourth-order valence-corrected chi connectivity index (χ4v) is 1.04. The van der Waals surface area contributed by atoms with Gasteiger partial charge in [-0.25, -0.2) is 8.42 Å². The highest BCUT2D eigenvalue weighted by Crippen LogP contribution is 2.12. The number of aliphatic imine (C=N–C) groups is 1. The lowest BCUT2D eigenvalue weighted by molar-refractivity contribution is 0.545. The molecule has 0 heterocycles. The van der Waals surface area contributed by atoms with E-state index >= 15 is 0 Å². The van der Waals surface area contributed by atoms with Gasteiger partial charge in [0, 0.05) is 26.9 Å². The third-order valence-corrected chi connectivity index (χ3v) is 4.30. The molecule has 6 heteroatoms. The highest BCUT2D eigenvalue weighted by Gasteiger charge is 2.29. The number of hydrogen-bond donors (Lipinski definition) is 2. The summed E-state index contributed by atoms with van der Waals surface area (Å²) in [6.45, 7) is 3.69. The molecule has 84 valence electrons. The number of rotatable bonds is 3. The molecule has 0 spiro atoms. The predicted octanol–water partition coefficient (Wildman–Crippen LogP) is -0.396. The lowest BCUT2D eigenvalue weighted by Gasteiger charge is -2.23. The van der Waals surface area contributed by atoms with Gasteiger partial charge in [-0.2, -0.15) is 0 Å². The van der Waals surface area contributed by atoms with Crippen LogP contribution in [0.1, 0.15) is 13.8 Å². The van der Waals surface area contributed by atoms with Crippen LogP contribution >= 0.6 is 0 Å². The normalized spacial score (nSPS) is 13.9. The minimum Gasteiger partial charge on any atom is -0.359 e. The summed E-state index contributed by atoms with van der Waals surface area (Å²) in [5.41, 5.74) is 0.